The number of ketones is 3. The number of carbonyl (C=O) groups is 3. The largest absolute Gasteiger partial charge is 0.295 e. The van der Waals surface area contributed by atoms with Gasteiger partial charge in [-0.2, -0.15) is 0 Å². The summed E-state index contributed by atoms with van der Waals surface area (Å²) in [6.45, 7) is 0. The van der Waals surface area contributed by atoms with E-state index in [1.807, 2.05) is 0 Å². The number of carbonyl (C=O) groups excluding carboxylic acids is 3. The van der Waals surface area contributed by atoms with E-state index in [2.05, 4.69) is 9.97 Å². The average molecular weight is 391 g/mol. The maximum atomic E-state index is 13.4. The first kappa shape index (κ1) is 17.2. The standard InChI is InChI=1S/C22H15ClN2O3/c23-22-24-9-12(10-25-22)18-17-11(4-3-7-16(17)26)8-15-19(18)21(28)14-6-2-1-5-13(14)20(15)27/h1-2,5-6,9-10,18H,3-4,7-8H2. The molecule has 1 heterocycles. The van der Waals surface area contributed by atoms with Gasteiger partial charge in [-0.3, -0.25) is 14.4 Å². The highest BCUT2D eigenvalue weighted by Crippen LogP contribution is 2.49. The Morgan fingerprint density at radius 2 is 1.57 bits per heavy atom. The van der Waals surface area contributed by atoms with Gasteiger partial charge in [0.05, 0.1) is 0 Å². The number of rotatable bonds is 1. The lowest BCUT2D eigenvalue weighted by Crippen LogP contribution is -2.33. The van der Waals surface area contributed by atoms with Gasteiger partial charge in [0, 0.05) is 58.1 Å². The molecule has 0 N–H and O–H groups in total. The topological polar surface area (TPSA) is 77.0 Å². The van der Waals surface area contributed by atoms with Gasteiger partial charge in [0.25, 0.3) is 0 Å². The van der Waals surface area contributed by atoms with Gasteiger partial charge in [-0.1, -0.05) is 29.8 Å². The van der Waals surface area contributed by atoms with E-state index >= 15 is 0 Å². The summed E-state index contributed by atoms with van der Waals surface area (Å²) in [6, 6.07) is 6.87. The van der Waals surface area contributed by atoms with Crippen molar-refractivity contribution in [2.75, 3.05) is 0 Å². The molecular formula is C22H15ClN2O3. The molecule has 28 heavy (non-hydrogen) atoms. The van der Waals surface area contributed by atoms with Crippen molar-refractivity contribution in [3.8, 4) is 0 Å². The van der Waals surface area contributed by atoms with Crippen molar-refractivity contribution in [2.24, 2.45) is 0 Å². The number of Topliss-reactive ketones (excluding diaryl/α,β-unsaturated/α-hetero) is 3. The molecule has 3 aliphatic rings. The minimum absolute atomic E-state index is 0.0341. The zero-order valence-corrected chi connectivity index (χ0v) is 15.6. The van der Waals surface area contributed by atoms with Gasteiger partial charge in [-0.25, -0.2) is 9.97 Å². The molecule has 0 aliphatic heterocycles. The van der Waals surface area contributed by atoms with E-state index in [1.165, 1.54) is 0 Å². The van der Waals surface area contributed by atoms with Crippen LogP contribution in [0.3, 0.4) is 0 Å². The molecule has 3 aliphatic carbocycles. The highest BCUT2D eigenvalue weighted by atomic mass is 35.5. The second-order valence-electron chi connectivity index (χ2n) is 7.29. The zero-order chi connectivity index (χ0) is 19.4. The van der Waals surface area contributed by atoms with Gasteiger partial charge in [-0.05, 0) is 30.9 Å². The highest BCUT2D eigenvalue weighted by molar-refractivity contribution is 6.29. The molecule has 0 amide bonds. The van der Waals surface area contributed by atoms with E-state index in [4.69, 9.17) is 11.6 Å². The first-order valence-electron chi connectivity index (χ1n) is 9.20. The molecular weight excluding hydrogens is 376 g/mol. The SMILES string of the molecule is O=C1CCCC2=C1C(c1cnc(Cl)nc1)C1=C(C2)C(=O)c2ccccc2C1=O. The highest BCUT2D eigenvalue weighted by Gasteiger charge is 2.44. The third-order valence-corrected chi connectivity index (χ3v) is 5.96. The van der Waals surface area contributed by atoms with Crippen molar-refractivity contribution < 1.29 is 14.4 Å². The van der Waals surface area contributed by atoms with E-state index in [-0.39, 0.29) is 22.6 Å². The second kappa shape index (κ2) is 6.31. The summed E-state index contributed by atoms with van der Waals surface area (Å²) < 4.78 is 0. The van der Waals surface area contributed by atoms with Crippen LogP contribution in [-0.2, 0) is 4.79 Å². The minimum Gasteiger partial charge on any atom is -0.295 e. The van der Waals surface area contributed by atoms with Crippen LogP contribution >= 0.6 is 11.6 Å². The van der Waals surface area contributed by atoms with Crippen LogP contribution in [0.1, 0.15) is 57.9 Å². The lowest BCUT2D eigenvalue weighted by atomic mass is 9.65. The number of fused-ring (bicyclic) bond motifs is 1. The Hall–Kier alpha value is -2.92. The average Bonchev–Trinajstić information content (AvgIpc) is 2.71. The van der Waals surface area contributed by atoms with Crippen molar-refractivity contribution in [1.29, 1.82) is 0 Å². The third kappa shape index (κ3) is 2.43. The lowest BCUT2D eigenvalue weighted by molar-refractivity contribution is -0.116. The van der Waals surface area contributed by atoms with E-state index in [9.17, 15) is 14.4 Å². The first-order valence-corrected chi connectivity index (χ1v) is 9.58. The van der Waals surface area contributed by atoms with Crippen LogP contribution in [0.2, 0.25) is 5.28 Å². The lowest BCUT2D eigenvalue weighted by Gasteiger charge is -2.36. The molecule has 6 heteroatoms. The smallest absolute Gasteiger partial charge is 0.222 e. The Morgan fingerprint density at radius 3 is 2.29 bits per heavy atom. The summed E-state index contributed by atoms with van der Waals surface area (Å²) in [5.74, 6) is -0.912. The predicted octanol–water partition coefficient (Wildman–Crippen LogP) is 4.04. The molecule has 0 saturated carbocycles. The van der Waals surface area contributed by atoms with Crippen molar-refractivity contribution in [3.05, 3.63) is 80.9 Å². The number of halogens is 1. The summed E-state index contributed by atoms with van der Waals surface area (Å²) in [4.78, 5) is 47.6. The Labute approximate surface area is 166 Å². The summed E-state index contributed by atoms with van der Waals surface area (Å²) >= 11 is 5.84. The molecule has 1 aromatic heterocycles. The maximum absolute atomic E-state index is 13.4. The van der Waals surface area contributed by atoms with Crippen LogP contribution in [-0.4, -0.2) is 27.3 Å². The van der Waals surface area contributed by atoms with Crippen LogP contribution < -0.4 is 0 Å². The van der Waals surface area contributed by atoms with E-state index in [1.54, 1.807) is 36.7 Å². The van der Waals surface area contributed by atoms with Crippen molar-refractivity contribution in [2.45, 2.75) is 31.6 Å². The number of aromatic nitrogens is 2. The van der Waals surface area contributed by atoms with Gasteiger partial charge < -0.3 is 0 Å². The fraction of sp³-hybridized carbons (Fsp3) is 0.227. The van der Waals surface area contributed by atoms with Crippen LogP contribution in [0.5, 0.6) is 0 Å². The van der Waals surface area contributed by atoms with Gasteiger partial charge in [0.15, 0.2) is 17.3 Å². The number of hydrogen-bond acceptors (Lipinski definition) is 5. The Bertz CT molecular complexity index is 1130. The molecule has 5 nitrogen and oxygen atoms in total. The molecule has 0 saturated heterocycles. The first-order chi connectivity index (χ1) is 13.6. The fourth-order valence-corrected chi connectivity index (χ4v) is 4.66. The third-order valence-electron chi connectivity index (χ3n) is 5.76. The Kier molecular flexibility index (Phi) is 3.88. The van der Waals surface area contributed by atoms with Crippen molar-refractivity contribution >= 4 is 29.0 Å². The van der Waals surface area contributed by atoms with E-state index in [0.29, 0.717) is 46.3 Å². The molecule has 1 atom stereocenters. The van der Waals surface area contributed by atoms with Crippen molar-refractivity contribution in [3.63, 3.8) is 0 Å². The molecule has 0 radical (unpaired) electrons. The Balaban J connectivity index is 1.76. The molecule has 0 bridgehead atoms. The molecule has 0 spiro atoms. The van der Waals surface area contributed by atoms with Gasteiger partial charge in [0.2, 0.25) is 5.28 Å². The van der Waals surface area contributed by atoms with Crippen molar-refractivity contribution in [1.82, 2.24) is 9.97 Å². The number of hydrogen-bond donors (Lipinski definition) is 0. The van der Waals surface area contributed by atoms with Crippen LogP contribution in [0, 0.1) is 0 Å². The summed E-state index contributed by atoms with van der Waals surface area (Å²) in [5, 5.41) is 0.0920. The van der Waals surface area contributed by atoms with E-state index in [0.717, 1.165) is 18.4 Å². The molecule has 0 fully saturated rings. The number of benzene rings is 1. The monoisotopic (exact) mass is 390 g/mol. The molecule has 138 valence electrons. The second-order valence-corrected chi connectivity index (χ2v) is 7.62. The van der Waals surface area contributed by atoms with Gasteiger partial charge in [0.1, 0.15) is 0 Å². The maximum Gasteiger partial charge on any atom is 0.222 e. The zero-order valence-electron chi connectivity index (χ0n) is 14.9. The Morgan fingerprint density at radius 1 is 0.893 bits per heavy atom. The fourth-order valence-electron chi connectivity index (χ4n) is 4.57. The normalized spacial score (nSPS) is 21.5. The van der Waals surface area contributed by atoms with E-state index < -0.39 is 5.92 Å². The predicted molar refractivity (Wildman–Crippen MR) is 102 cm³/mol. The van der Waals surface area contributed by atoms with Gasteiger partial charge >= 0.3 is 0 Å². The minimum atomic E-state index is -0.617. The van der Waals surface area contributed by atoms with Crippen LogP contribution in [0.15, 0.2) is 59.0 Å². The van der Waals surface area contributed by atoms with Gasteiger partial charge in [-0.15, -0.1) is 0 Å². The molecule has 5 rings (SSSR count). The molecule has 2 aromatic rings. The number of nitrogens with zero attached hydrogens (tertiary/aromatic N) is 2. The summed E-state index contributed by atoms with van der Waals surface area (Å²) in [7, 11) is 0. The quantitative estimate of drug-likeness (QED) is 0.687. The summed E-state index contributed by atoms with van der Waals surface area (Å²) in [5.41, 5.74) is 3.91. The van der Waals surface area contributed by atoms with Crippen LogP contribution in [0.4, 0.5) is 0 Å². The summed E-state index contributed by atoms with van der Waals surface area (Å²) in [6.07, 6.45) is 5.42. The molecule has 1 aromatic carbocycles. The molecule has 1 unspecified atom stereocenters. The van der Waals surface area contributed by atoms with Crippen LogP contribution in [0.25, 0.3) is 0 Å². The number of allylic oxidation sites excluding steroid dienone is 4.